The SMILES string of the molecule is C=C(C)C1CCCc2cc(NC(=O)c3cc(F)ccc3F)ccc21. The standard InChI is InChI=1S/C20H19F2NO/c1-12(2)16-5-3-4-13-10-15(7-8-17(13)16)23-20(24)18-11-14(21)6-9-19(18)22/h6-11,16H,1,3-5H2,2H3,(H,23,24). The molecule has 0 saturated carbocycles. The number of anilines is 1. The van der Waals surface area contributed by atoms with Crippen molar-refractivity contribution in [3.63, 3.8) is 0 Å². The van der Waals surface area contributed by atoms with Crippen molar-refractivity contribution in [2.24, 2.45) is 0 Å². The quantitative estimate of drug-likeness (QED) is 0.770. The van der Waals surface area contributed by atoms with Gasteiger partial charge in [0.1, 0.15) is 11.6 Å². The highest BCUT2D eigenvalue weighted by atomic mass is 19.1. The number of aryl methyl sites for hydroxylation is 1. The van der Waals surface area contributed by atoms with Crippen LogP contribution in [0.1, 0.15) is 47.2 Å². The maximum absolute atomic E-state index is 13.7. The van der Waals surface area contributed by atoms with E-state index in [-0.39, 0.29) is 5.56 Å². The van der Waals surface area contributed by atoms with E-state index in [2.05, 4.69) is 11.9 Å². The van der Waals surface area contributed by atoms with Gasteiger partial charge in [-0.1, -0.05) is 18.2 Å². The monoisotopic (exact) mass is 327 g/mol. The molecule has 0 radical (unpaired) electrons. The number of halogens is 2. The minimum absolute atomic E-state index is 0.299. The predicted octanol–water partition coefficient (Wildman–Crippen LogP) is 5.21. The van der Waals surface area contributed by atoms with Gasteiger partial charge in [-0.25, -0.2) is 8.78 Å². The molecular formula is C20H19F2NO. The number of fused-ring (bicyclic) bond motifs is 1. The summed E-state index contributed by atoms with van der Waals surface area (Å²) >= 11 is 0. The molecule has 2 aromatic rings. The summed E-state index contributed by atoms with van der Waals surface area (Å²) in [5.74, 6) is -1.69. The fourth-order valence-corrected chi connectivity index (χ4v) is 3.27. The Kier molecular flexibility index (Phi) is 4.47. The van der Waals surface area contributed by atoms with Crippen LogP contribution in [0.2, 0.25) is 0 Å². The molecule has 1 amide bonds. The van der Waals surface area contributed by atoms with Crippen LogP contribution < -0.4 is 5.32 Å². The molecule has 2 aromatic carbocycles. The smallest absolute Gasteiger partial charge is 0.258 e. The molecule has 0 saturated heterocycles. The van der Waals surface area contributed by atoms with Crippen molar-refractivity contribution in [1.82, 2.24) is 0 Å². The van der Waals surface area contributed by atoms with Crippen molar-refractivity contribution in [2.75, 3.05) is 5.32 Å². The first kappa shape index (κ1) is 16.4. The number of rotatable bonds is 3. The van der Waals surface area contributed by atoms with Crippen molar-refractivity contribution < 1.29 is 13.6 Å². The Hall–Kier alpha value is -2.49. The van der Waals surface area contributed by atoms with Gasteiger partial charge in [-0.2, -0.15) is 0 Å². The number of amides is 1. The van der Waals surface area contributed by atoms with Crippen LogP contribution in [0.4, 0.5) is 14.5 Å². The largest absolute Gasteiger partial charge is 0.322 e. The lowest BCUT2D eigenvalue weighted by Gasteiger charge is -2.26. The molecular weight excluding hydrogens is 308 g/mol. The second kappa shape index (κ2) is 6.56. The van der Waals surface area contributed by atoms with Crippen LogP contribution in [0.15, 0.2) is 48.6 Å². The second-order valence-electron chi connectivity index (χ2n) is 6.28. The molecule has 0 fully saturated rings. The van der Waals surface area contributed by atoms with Gasteiger partial charge < -0.3 is 5.32 Å². The Bertz CT molecular complexity index is 813. The molecule has 1 atom stereocenters. The number of carbonyl (C=O) groups is 1. The van der Waals surface area contributed by atoms with E-state index in [1.165, 1.54) is 11.1 Å². The number of nitrogens with one attached hydrogen (secondary N) is 1. The average molecular weight is 327 g/mol. The van der Waals surface area contributed by atoms with Gasteiger partial charge in [-0.15, -0.1) is 0 Å². The molecule has 0 spiro atoms. The lowest BCUT2D eigenvalue weighted by molar-refractivity contribution is 0.102. The van der Waals surface area contributed by atoms with Gasteiger partial charge in [0.15, 0.2) is 0 Å². The lowest BCUT2D eigenvalue weighted by Crippen LogP contribution is -2.16. The molecule has 0 aliphatic heterocycles. The van der Waals surface area contributed by atoms with Crippen LogP contribution >= 0.6 is 0 Å². The molecule has 4 heteroatoms. The van der Waals surface area contributed by atoms with E-state index in [9.17, 15) is 13.6 Å². The summed E-state index contributed by atoms with van der Waals surface area (Å²) < 4.78 is 26.9. The fourth-order valence-electron chi connectivity index (χ4n) is 3.27. The molecule has 0 heterocycles. The van der Waals surface area contributed by atoms with Gasteiger partial charge in [0.2, 0.25) is 0 Å². The molecule has 24 heavy (non-hydrogen) atoms. The van der Waals surface area contributed by atoms with E-state index in [1.807, 2.05) is 19.1 Å². The normalized spacial score (nSPS) is 16.4. The van der Waals surface area contributed by atoms with E-state index in [0.717, 1.165) is 43.0 Å². The lowest BCUT2D eigenvalue weighted by atomic mass is 9.79. The number of hydrogen-bond donors (Lipinski definition) is 1. The first-order chi connectivity index (χ1) is 11.5. The summed E-state index contributed by atoms with van der Waals surface area (Å²) in [6.45, 7) is 6.09. The van der Waals surface area contributed by atoms with Gasteiger partial charge in [0.05, 0.1) is 5.56 Å². The Morgan fingerprint density at radius 1 is 1.21 bits per heavy atom. The van der Waals surface area contributed by atoms with Gasteiger partial charge in [0, 0.05) is 11.6 Å². The van der Waals surface area contributed by atoms with Crippen LogP contribution in [-0.4, -0.2) is 5.91 Å². The molecule has 3 rings (SSSR count). The van der Waals surface area contributed by atoms with Crippen molar-refractivity contribution in [3.8, 4) is 0 Å². The van der Waals surface area contributed by atoms with Crippen molar-refractivity contribution in [1.29, 1.82) is 0 Å². The van der Waals surface area contributed by atoms with Crippen molar-refractivity contribution in [3.05, 3.63) is 76.9 Å². The average Bonchev–Trinajstić information content (AvgIpc) is 2.56. The van der Waals surface area contributed by atoms with Crippen LogP contribution in [-0.2, 0) is 6.42 Å². The van der Waals surface area contributed by atoms with E-state index in [0.29, 0.717) is 11.6 Å². The van der Waals surface area contributed by atoms with Crippen molar-refractivity contribution >= 4 is 11.6 Å². The van der Waals surface area contributed by atoms with Gasteiger partial charge in [-0.3, -0.25) is 4.79 Å². The summed E-state index contributed by atoms with van der Waals surface area (Å²) in [5, 5.41) is 2.65. The maximum Gasteiger partial charge on any atom is 0.258 e. The summed E-state index contributed by atoms with van der Waals surface area (Å²) in [5.41, 5.74) is 3.84. The first-order valence-electron chi connectivity index (χ1n) is 8.00. The van der Waals surface area contributed by atoms with Crippen LogP contribution in [0.3, 0.4) is 0 Å². The molecule has 0 bridgehead atoms. The minimum atomic E-state index is -0.741. The topological polar surface area (TPSA) is 29.1 Å². The zero-order chi connectivity index (χ0) is 17.3. The first-order valence-corrected chi connectivity index (χ1v) is 8.00. The Balaban J connectivity index is 1.85. The summed E-state index contributed by atoms with van der Waals surface area (Å²) in [7, 11) is 0. The second-order valence-corrected chi connectivity index (χ2v) is 6.28. The number of allylic oxidation sites excluding steroid dienone is 1. The molecule has 124 valence electrons. The summed E-state index contributed by atoms with van der Waals surface area (Å²) in [6.07, 6.45) is 3.10. The van der Waals surface area contributed by atoms with E-state index < -0.39 is 17.5 Å². The molecule has 2 nitrogen and oxygen atoms in total. The Morgan fingerprint density at radius 3 is 2.75 bits per heavy atom. The molecule has 1 N–H and O–H groups in total. The van der Waals surface area contributed by atoms with Crippen LogP contribution in [0.5, 0.6) is 0 Å². The van der Waals surface area contributed by atoms with Gasteiger partial charge >= 0.3 is 0 Å². The highest BCUT2D eigenvalue weighted by molar-refractivity contribution is 6.04. The number of benzene rings is 2. The third kappa shape index (κ3) is 3.23. The Morgan fingerprint density at radius 2 is 2.00 bits per heavy atom. The zero-order valence-corrected chi connectivity index (χ0v) is 13.5. The van der Waals surface area contributed by atoms with Crippen LogP contribution in [0, 0.1) is 11.6 Å². The van der Waals surface area contributed by atoms with E-state index in [1.54, 1.807) is 6.07 Å². The zero-order valence-electron chi connectivity index (χ0n) is 13.5. The van der Waals surface area contributed by atoms with Gasteiger partial charge in [-0.05, 0) is 67.6 Å². The predicted molar refractivity (Wildman–Crippen MR) is 91.2 cm³/mol. The Labute approximate surface area is 140 Å². The number of hydrogen-bond acceptors (Lipinski definition) is 1. The third-order valence-corrected chi connectivity index (χ3v) is 4.48. The molecule has 1 aliphatic rings. The minimum Gasteiger partial charge on any atom is -0.322 e. The van der Waals surface area contributed by atoms with Crippen LogP contribution in [0.25, 0.3) is 0 Å². The third-order valence-electron chi connectivity index (χ3n) is 4.48. The highest BCUT2D eigenvalue weighted by Crippen LogP contribution is 2.37. The molecule has 1 unspecified atom stereocenters. The van der Waals surface area contributed by atoms with Gasteiger partial charge in [0.25, 0.3) is 5.91 Å². The fraction of sp³-hybridized carbons (Fsp3) is 0.250. The molecule has 0 aromatic heterocycles. The molecule has 1 aliphatic carbocycles. The van der Waals surface area contributed by atoms with Crippen molar-refractivity contribution in [2.45, 2.75) is 32.1 Å². The summed E-state index contributed by atoms with van der Waals surface area (Å²) in [6, 6.07) is 8.55. The summed E-state index contributed by atoms with van der Waals surface area (Å²) in [4.78, 5) is 12.2. The highest BCUT2D eigenvalue weighted by Gasteiger charge is 2.21. The maximum atomic E-state index is 13.7. The van der Waals surface area contributed by atoms with E-state index in [4.69, 9.17) is 0 Å². The number of carbonyl (C=O) groups excluding carboxylic acids is 1. The van der Waals surface area contributed by atoms with E-state index >= 15 is 0 Å².